The van der Waals surface area contributed by atoms with E-state index in [1.54, 1.807) is 6.08 Å². The van der Waals surface area contributed by atoms with E-state index >= 15 is 0 Å². The molecule has 4 rings (SSSR count). The Morgan fingerprint density at radius 2 is 1.86 bits per heavy atom. The summed E-state index contributed by atoms with van der Waals surface area (Å²) in [6, 6.07) is 14.9. The van der Waals surface area contributed by atoms with Gasteiger partial charge >= 0.3 is 6.03 Å². The third-order valence-corrected chi connectivity index (χ3v) is 5.13. The number of nitrogens with zero attached hydrogens (tertiary/aromatic N) is 2. The van der Waals surface area contributed by atoms with Crippen LogP contribution in [0.3, 0.4) is 0 Å². The van der Waals surface area contributed by atoms with Gasteiger partial charge in [-0.3, -0.25) is 9.69 Å². The van der Waals surface area contributed by atoms with Gasteiger partial charge in [-0.1, -0.05) is 52.2 Å². The lowest BCUT2D eigenvalue weighted by Gasteiger charge is -2.11. The van der Waals surface area contributed by atoms with E-state index in [1.165, 1.54) is 4.90 Å². The number of carbonyl (C=O) groups is 2. The van der Waals surface area contributed by atoms with Crippen LogP contribution < -0.4 is 5.32 Å². The fourth-order valence-corrected chi connectivity index (χ4v) is 3.53. The summed E-state index contributed by atoms with van der Waals surface area (Å²) in [6.07, 6.45) is 9.06. The molecule has 0 unspecified atom stereocenters. The van der Waals surface area contributed by atoms with Crippen LogP contribution >= 0.6 is 15.9 Å². The summed E-state index contributed by atoms with van der Waals surface area (Å²) in [7, 11) is 0. The Hall–Kier alpha value is -3.30. The number of amides is 3. The molecule has 0 saturated carbocycles. The van der Waals surface area contributed by atoms with Crippen molar-refractivity contribution in [3.8, 4) is 12.3 Å². The second-order valence-corrected chi connectivity index (χ2v) is 7.36. The average molecular weight is 434 g/mol. The van der Waals surface area contributed by atoms with Gasteiger partial charge in [0.15, 0.2) is 0 Å². The number of urea groups is 1. The van der Waals surface area contributed by atoms with Crippen molar-refractivity contribution >= 4 is 44.8 Å². The van der Waals surface area contributed by atoms with Crippen molar-refractivity contribution in [2.24, 2.45) is 0 Å². The molecule has 3 aromatic rings. The molecule has 2 aromatic carbocycles. The van der Waals surface area contributed by atoms with Crippen LogP contribution in [0.15, 0.2) is 64.9 Å². The number of imide groups is 1. The number of nitrogens with one attached hydrogen (secondary N) is 1. The third-order valence-electron chi connectivity index (χ3n) is 4.60. The summed E-state index contributed by atoms with van der Waals surface area (Å²) < 4.78 is 2.89. The molecule has 138 valence electrons. The van der Waals surface area contributed by atoms with Crippen molar-refractivity contribution in [3.05, 3.63) is 76.0 Å². The number of terminal acetylenes is 1. The molecule has 0 aliphatic carbocycles. The maximum atomic E-state index is 12.8. The zero-order chi connectivity index (χ0) is 19.7. The van der Waals surface area contributed by atoms with Crippen LogP contribution in [0.4, 0.5) is 4.79 Å². The van der Waals surface area contributed by atoms with Crippen LogP contribution in [0.2, 0.25) is 0 Å². The normalized spacial score (nSPS) is 15.3. The van der Waals surface area contributed by atoms with Gasteiger partial charge in [-0.15, -0.1) is 6.42 Å². The highest BCUT2D eigenvalue weighted by Gasteiger charge is 2.33. The molecule has 1 N–H and O–H groups in total. The van der Waals surface area contributed by atoms with E-state index in [-0.39, 0.29) is 18.1 Å². The minimum Gasteiger partial charge on any atom is -0.335 e. The van der Waals surface area contributed by atoms with Gasteiger partial charge in [-0.25, -0.2) is 4.79 Å². The Morgan fingerprint density at radius 1 is 1.11 bits per heavy atom. The molecule has 5 nitrogen and oxygen atoms in total. The first-order valence-corrected chi connectivity index (χ1v) is 9.46. The second-order valence-electron chi connectivity index (χ2n) is 6.44. The van der Waals surface area contributed by atoms with Crippen molar-refractivity contribution in [2.75, 3.05) is 0 Å². The summed E-state index contributed by atoms with van der Waals surface area (Å²) in [5.41, 5.74) is 2.94. The Kier molecular flexibility index (Phi) is 4.76. The second kappa shape index (κ2) is 7.37. The lowest BCUT2D eigenvalue weighted by Crippen LogP contribution is -2.30. The number of rotatable bonds is 4. The number of para-hydroxylation sites is 1. The van der Waals surface area contributed by atoms with Crippen LogP contribution in [0.25, 0.3) is 17.0 Å². The highest BCUT2D eigenvalue weighted by molar-refractivity contribution is 9.10. The number of halogens is 1. The SMILES string of the molecule is C#CCn1cc(/C=C2\NC(=O)N(Cc3ccc(Br)cc3)C2=O)c2ccccc21. The summed E-state index contributed by atoms with van der Waals surface area (Å²) >= 11 is 3.38. The molecule has 6 heteroatoms. The first kappa shape index (κ1) is 18.1. The Balaban J connectivity index is 1.65. The first-order chi connectivity index (χ1) is 13.6. The van der Waals surface area contributed by atoms with E-state index in [0.717, 1.165) is 26.5 Å². The fourth-order valence-electron chi connectivity index (χ4n) is 3.26. The number of benzene rings is 2. The molecule has 0 bridgehead atoms. The minimum absolute atomic E-state index is 0.216. The molecule has 28 heavy (non-hydrogen) atoms. The molecule has 1 fully saturated rings. The number of aromatic nitrogens is 1. The van der Waals surface area contributed by atoms with E-state index in [0.29, 0.717) is 6.54 Å². The van der Waals surface area contributed by atoms with Crippen molar-refractivity contribution in [1.29, 1.82) is 0 Å². The zero-order valence-electron chi connectivity index (χ0n) is 14.9. The summed E-state index contributed by atoms with van der Waals surface area (Å²) in [4.78, 5) is 26.3. The minimum atomic E-state index is -0.425. The van der Waals surface area contributed by atoms with Gasteiger partial charge in [0, 0.05) is 27.1 Å². The summed E-state index contributed by atoms with van der Waals surface area (Å²) in [6.45, 7) is 0.647. The molecule has 1 saturated heterocycles. The fraction of sp³-hybridized carbons (Fsp3) is 0.0909. The van der Waals surface area contributed by atoms with E-state index in [1.807, 2.05) is 59.3 Å². The number of hydrogen-bond acceptors (Lipinski definition) is 2. The quantitative estimate of drug-likeness (QED) is 0.382. The molecule has 1 aromatic heterocycles. The highest BCUT2D eigenvalue weighted by atomic mass is 79.9. The van der Waals surface area contributed by atoms with Gasteiger partial charge in [0.05, 0.1) is 13.1 Å². The number of fused-ring (bicyclic) bond motifs is 1. The Labute approximate surface area is 170 Å². The molecule has 3 amide bonds. The molecule has 1 aliphatic rings. The molecular formula is C22H16BrN3O2. The van der Waals surface area contributed by atoms with E-state index in [2.05, 4.69) is 27.2 Å². The lowest BCUT2D eigenvalue weighted by atomic mass is 10.1. The van der Waals surface area contributed by atoms with Crippen molar-refractivity contribution in [3.63, 3.8) is 0 Å². The van der Waals surface area contributed by atoms with Gasteiger partial charge in [-0.05, 0) is 29.8 Å². The van der Waals surface area contributed by atoms with E-state index in [4.69, 9.17) is 6.42 Å². The topological polar surface area (TPSA) is 54.3 Å². The maximum Gasteiger partial charge on any atom is 0.329 e. The van der Waals surface area contributed by atoms with E-state index < -0.39 is 6.03 Å². The standard InChI is InChI=1S/C22H16BrN3O2/c1-2-11-25-14-16(18-5-3-4-6-20(18)25)12-19-21(27)26(22(28)24-19)13-15-7-9-17(23)10-8-15/h1,3-10,12,14H,11,13H2,(H,24,28)/b19-12-. The Bertz CT molecular complexity index is 1150. The molecule has 1 aliphatic heterocycles. The summed E-state index contributed by atoms with van der Waals surface area (Å²) in [5, 5.41) is 3.65. The van der Waals surface area contributed by atoms with Crippen molar-refractivity contribution in [1.82, 2.24) is 14.8 Å². The van der Waals surface area contributed by atoms with Gasteiger partial charge in [0.2, 0.25) is 0 Å². The van der Waals surface area contributed by atoms with Gasteiger partial charge in [-0.2, -0.15) is 0 Å². The largest absolute Gasteiger partial charge is 0.335 e. The lowest BCUT2D eigenvalue weighted by molar-refractivity contribution is -0.123. The van der Waals surface area contributed by atoms with Crippen LogP contribution in [0, 0.1) is 12.3 Å². The van der Waals surface area contributed by atoms with Crippen LogP contribution in [0.1, 0.15) is 11.1 Å². The van der Waals surface area contributed by atoms with Crippen LogP contribution in [-0.4, -0.2) is 21.4 Å². The smallest absolute Gasteiger partial charge is 0.329 e. The van der Waals surface area contributed by atoms with Gasteiger partial charge in [0.25, 0.3) is 5.91 Å². The first-order valence-electron chi connectivity index (χ1n) is 8.67. The van der Waals surface area contributed by atoms with Crippen molar-refractivity contribution in [2.45, 2.75) is 13.1 Å². The van der Waals surface area contributed by atoms with Gasteiger partial charge < -0.3 is 9.88 Å². The highest BCUT2D eigenvalue weighted by Crippen LogP contribution is 2.25. The average Bonchev–Trinajstić information content (AvgIpc) is 3.17. The molecule has 2 heterocycles. The predicted molar refractivity (Wildman–Crippen MR) is 112 cm³/mol. The third kappa shape index (κ3) is 3.32. The molecule has 0 atom stereocenters. The van der Waals surface area contributed by atoms with Crippen molar-refractivity contribution < 1.29 is 9.59 Å². The maximum absolute atomic E-state index is 12.8. The van der Waals surface area contributed by atoms with E-state index in [9.17, 15) is 9.59 Å². The number of hydrogen-bond donors (Lipinski definition) is 1. The monoisotopic (exact) mass is 433 g/mol. The van der Waals surface area contributed by atoms with Crippen LogP contribution in [0.5, 0.6) is 0 Å². The molecular weight excluding hydrogens is 418 g/mol. The molecule has 0 spiro atoms. The van der Waals surface area contributed by atoms with Crippen LogP contribution in [-0.2, 0) is 17.9 Å². The predicted octanol–water partition coefficient (Wildman–Crippen LogP) is 4.13. The van der Waals surface area contributed by atoms with Gasteiger partial charge in [0.1, 0.15) is 5.70 Å². The zero-order valence-corrected chi connectivity index (χ0v) is 16.4. The summed E-state index contributed by atoms with van der Waals surface area (Å²) in [5.74, 6) is 2.29. The molecule has 0 radical (unpaired) electrons. The Morgan fingerprint density at radius 3 is 2.61 bits per heavy atom. The number of carbonyl (C=O) groups excluding carboxylic acids is 2.